The SMILES string of the molecule is O=C(O)C(=Cc1ccccc1)C(Cl)(Cl)Cl. The summed E-state index contributed by atoms with van der Waals surface area (Å²) in [6.45, 7) is 0. The van der Waals surface area contributed by atoms with Gasteiger partial charge in [0.2, 0.25) is 3.79 Å². The van der Waals surface area contributed by atoms with Crippen LogP contribution in [-0.2, 0) is 4.79 Å². The Morgan fingerprint density at radius 3 is 2.13 bits per heavy atom. The maximum Gasteiger partial charge on any atom is 0.335 e. The highest BCUT2D eigenvalue weighted by atomic mass is 35.6. The van der Waals surface area contributed by atoms with Crippen LogP contribution in [0.1, 0.15) is 5.56 Å². The van der Waals surface area contributed by atoms with Crippen molar-refractivity contribution in [1.29, 1.82) is 0 Å². The first kappa shape index (κ1) is 12.4. The molecule has 0 aliphatic carbocycles. The van der Waals surface area contributed by atoms with Crippen LogP contribution >= 0.6 is 34.8 Å². The molecule has 0 aliphatic heterocycles. The van der Waals surface area contributed by atoms with Crippen molar-refractivity contribution in [3.63, 3.8) is 0 Å². The van der Waals surface area contributed by atoms with E-state index in [4.69, 9.17) is 39.9 Å². The van der Waals surface area contributed by atoms with Crippen molar-refractivity contribution in [3.05, 3.63) is 41.5 Å². The molecule has 2 nitrogen and oxygen atoms in total. The molecule has 0 atom stereocenters. The van der Waals surface area contributed by atoms with Crippen molar-refractivity contribution in [3.8, 4) is 0 Å². The van der Waals surface area contributed by atoms with Gasteiger partial charge in [-0.1, -0.05) is 65.1 Å². The molecule has 0 bridgehead atoms. The highest BCUT2D eigenvalue weighted by molar-refractivity contribution is 6.71. The summed E-state index contributed by atoms with van der Waals surface area (Å²) in [5.41, 5.74) is 0.389. The second-order valence-corrected chi connectivity index (χ2v) is 5.05. The first-order valence-electron chi connectivity index (χ1n) is 3.98. The zero-order valence-electron chi connectivity index (χ0n) is 7.45. The highest BCUT2D eigenvalue weighted by Gasteiger charge is 2.31. The average molecular weight is 266 g/mol. The van der Waals surface area contributed by atoms with Crippen LogP contribution in [0.15, 0.2) is 35.9 Å². The maximum atomic E-state index is 10.8. The number of benzene rings is 1. The molecule has 1 aromatic carbocycles. The lowest BCUT2D eigenvalue weighted by atomic mass is 10.1. The van der Waals surface area contributed by atoms with Crippen molar-refractivity contribution >= 4 is 46.8 Å². The number of carbonyl (C=O) groups is 1. The van der Waals surface area contributed by atoms with Crippen LogP contribution in [0.25, 0.3) is 6.08 Å². The number of carboxylic acid groups (broad SMARTS) is 1. The van der Waals surface area contributed by atoms with Gasteiger partial charge in [-0.2, -0.15) is 0 Å². The zero-order valence-corrected chi connectivity index (χ0v) is 9.72. The van der Waals surface area contributed by atoms with Gasteiger partial charge in [-0.15, -0.1) is 0 Å². The standard InChI is InChI=1S/C10H7Cl3O2/c11-10(12,13)8(9(14)15)6-7-4-2-1-3-5-7/h1-6H,(H,14,15). The van der Waals surface area contributed by atoms with Crippen LogP contribution in [0, 0.1) is 0 Å². The van der Waals surface area contributed by atoms with Gasteiger partial charge in [0.05, 0.1) is 5.57 Å². The molecular formula is C10H7Cl3O2. The molecule has 0 saturated heterocycles. The molecule has 1 rings (SSSR count). The number of aliphatic carboxylic acids is 1. The lowest BCUT2D eigenvalue weighted by Crippen LogP contribution is -2.15. The average Bonchev–Trinajstić information content (AvgIpc) is 2.13. The molecule has 1 aromatic rings. The molecule has 0 fully saturated rings. The van der Waals surface area contributed by atoms with Crippen molar-refractivity contribution in [1.82, 2.24) is 0 Å². The number of hydrogen-bond acceptors (Lipinski definition) is 1. The van der Waals surface area contributed by atoms with Crippen molar-refractivity contribution in [2.45, 2.75) is 3.79 Å². The summed E-state index contributed by atoms with van der Waals surface area (Å²) < 4.78 is -1.93. The van der Waals surface area contributed by atoms with E-state index in [0.717, 1.165) is 0 Å². The van der Waals surface area contributed by atoms with E-state index in [0.29, 0.717) is 5.56 Å². The largest absolute Gasteiger partial charge is 0.478 e. The monoisotopic (exact) mass is 264 g/mol. The van der Waals surface area contributed by atoms with Crippen LogP contribution in [0.5, 0.6) is 0 Å². The van der Waals surface area contributed by atoms with Gasteiger partial charge in [0.15, 0.2) is 0 Å². The van der Waals surface area contributed by atoms with E-state index in [9.17, 15) is 4.79 Å². The Morgan fingerprint density at radius 1 is 1.20 bits per heavy atom. The summed E-state index contributed by atoms with van der Waals surface area (Å²) in [4.78, 5) is 10.8. The third-order valence-electron chi connectivity index (χ3n) is 1.65. The van der Waals surface area contributed by atoms with Crippen molar-refractivity contribution < 1.29 is 9.90 Å². The number of rotatable bonds is 2. The highest BCUT2D eigenvalue weighted by Crippen LogP contribution is 2.35. The Balaban J connectivity index is 3.12. The second kappa shape index (κ2) is 4.88. The molecule has 0 amide bonds. The van der Waals surface area contributed by atoms with E-state index in [-0.39, 0.29) is 5.57 Å². The fourth-order valence-electron chi connectivity index (χ4n) is 0.981. The predicted octanol–water partition coefficient (Wildman–Crippen LogP) is 3.52. The zero-order chi connectivity index (χ0) is 11.5. The summed E-state index contributed by atoms with van der Waals surface area (Å²) in [5, 5.41) is 8.85. The third-order valence-corrected chi connectivity index (χ3v) is 2.26. The first-order chi connectivity index (χ1) is 6.91. The normalized spacial score (nSPS) is 12.6. The Kier molecular flexibility index (Phi) is 4.03. The summed E-state index contributed by atoms with van der Waals surface area (Å²) in [7, 11) is 0. The maximum absolute atomic E-state index is 10.8. The van der Waals surface area contributed by atoms with Crippen LogP contribution in [0.2, 0.25) is 0 Å². The Hall–Kier alpha value is -0.700. The molecular weight excluding hydrogens is 258 g/mol. The summed E-state index contributed by atoms with van der Waals surface area (Å²) in [6, 6.07) is 8.79. The molecule has 0 aliphatic rings. The topological polar surface area (TPSA) is 37.3 Å². The van der Waals surface area contributed by atoms with E-state index in [2.05, 4.69) is 0 Å². The molecule has 0 aromatic heterocycles. The summed E-state index contributed by atoms with van der Waals surface area (Å²) in [5.74, 6) is -1.25. The lowest BCUT2D eigenvalue weighted by molar-refractivity contribution is -0.132. The van der Waals surface area contributed by atoms with Crippen LogP contribution in [0.4, 0.5) is 0 Å². The van der Waals surface area contributed by atoms with E-state index in [1.807, 2.05) is 6.07 Å². The molecule has 0 saturated carbocycles. The molecule has 0 unspecified atom stereocenters. The molecule has 0 heterocycles. The third kappa shape index (κ3) is 3.74. The minimum atomic E-state index is -1.93. The van der Waals surface area contributed by atoms with Gasteiger partial charge in [0.25, 0.3) is 0 Å². The van der Waals surface area contributed by atoms with Gasteiger partial charge in [0.1, 0.15) is 0 Å². The Labute approximate surface area is 102 Å². The predicted molar refractivity (Wildman–Crippen MR) is 62.3 cm³/mol. The van der Waals surface area contributed by atoms with Crippen LogP contribution < -0.4 is 0 Å². The Morgan fingerprint density at radius 2 is 1.73 bits per heavy atom. The fourth-order valence-corrected chi connectivity index (χ4v) is 1.39. The van der Waals surface area contributed by atoms with E-state index >= 15 is 0 Å². The van der Waals surface area contributed by atoms with E-state index in [1.54, 1.807) is 24.3 Å². The molecule has 0 spiro atoms. The first-order valence-corrected chi connectivity index (χ1v) is 5.12. The van der Waals surface area contributed by atoms with Crippen molar-refractivity contribution in [2.75, 3.05) is 0 Å². The van der Waals surface area contributed by atoms with Gasteiger partial charge >= 0.3 is 5.97 Å². The second-order valence-electron chi connectivity index (χ2n) is 2.77. The molecule has 1 N–H and O–H groups in total. The number of halogens is 3. The van der Waals surface area contributed by atoms with Crippen LogP contribution in [-0.4, -0.2) is 14.9 Å². The van der Waals surface area contributed by atoms with Gasteiger partial charge in [0, 0.05) is 0 Å². The van der Waals surface area contributed by atoms with Crippen molar-refractivity contribution in [2.24, 2.45) is 0 Å². The van der Waals surface area contributed by atoms with Gasteiger partial charge in [-0.3, -0.25) is 0 Å². The summed E-state index contributed by atoms with van der Waals surface area (Å²) in [6.07, 6.45) is 1.33. The van der Waals surface area contributed by atoms with E-state index in [1.165, 1.54) is 6.08 Å². The quantitative estimate of drug-likeness (QED) is 0.656. The number of alkyl halides is 3. The number of hydrogen-bond donors (Lipinski definition) is 1. The van der Waals surface area contributed by atoms with Gasteiger partial charge < -0.3 is 5.11 Å². The van der Waals surface area contributed by atoms with Gasteiger partial charge in [-0.25, -0.2) is 4.79 Å². The van der Waals surface area contributed by atoms with E-state index < -0.39 is 9.76 Å². The minimum absolute atomic E-state index is 0.279. The van der Waals surface area contributed by atoms with Crippen LogP contribution in [0.3, 0.4) is 0 Å². The van der Waals surface area contributed by atoms with Gasteiger partial charge in [-0.05, 0) is 11.6 Å². The molecule has 5 heteroatoms. The molecule has 80 valence electrons. The minimum Gasteiger partial charge on any atom is -0.478 e. The molecule has 15 heavy (non-hydrogen) atoms. The lowest BCUT2D eigenvalue weighted by Gasteiger charge is -2.11. The molecule has 0 radical (unpaired) electrons. The Bertz CT molecular complexity index is 379. The smallest absolute Gasteiger partial charge is 0.335 e. The number of carboxylic acids is 1. The summed E-state index contributed by atoms with van der Waals surface area (Å²) >= 11 is 16.6. The fraction of sp³-hybridized carbons (Fsp3) is 0.100.